The number of benzene rings is 1. The second kappa shape index (κ2) is 8.37. The number of nitrogens with zero attached hydrogens (tertiary/aromatic N) is 4. The molecule has 0 aliphatic heterocycles. The van der Waals surface area contributed by atoms with Crippen molar-refractivity contribution >= 4 is 11.4 Å². The number of hydrogen-bond acceptors (Lipinski definition) is 4. The first kappa shape index (κ1) is 19.8. The van der Waals surface area contributed by atoms with Gasteiger partial charge in [-0.15, -0.1) is 0 Å². The second-order valence-corrected chi connectivity index (χ2v) is 7.42. The van der Waals surface area contributed by atoms with E-state index >= 15 is 0 Å². The van der Waals surface area contributed by atoms with Crippen molar-refractivity contribution in [2.45, 2.75) is 47.1 Å². The van der Waals surface area contributed by atoms with Crippen molar-refractivity contribution < 1.29 is 4.79 Å². The summed E-state index contributed by atoms with van der Waals surface area (Å²) in [6.07, 6.45) is 1.87. The van der Waals surface area contributed by atoms with Crippen LogP contribution in [0.15, 0.2) is 35.1 Å². The van der Waals surface area contributed by atoms with E-state index in [2.05, 4.69) is 48.4 Å². The summed E-state index contributed by atoms with van der Waals surface area (Å²) in [5, 5.41) is 11.6. The Kier molecular flexibility index (Phi) is 5.92. The standard InChI is InChI=1S/C21H27N5O2/c1-5-16-6-8-17(9-7-16)18-12-19-21(28)25(23-15(4)26(19)24-18)13-20(27)22-11-10-14(2)3/h6-9,12,14H,5,10-11,13H2,1-4H3,(H,22,27). The van der Waals surface area contributed by atoms with Gasteiger partial charge in [-0.25, -0.2) is 9.20 Å². The molecule has 7 heteroatoms. The van der Waals surface area contributed by atoms with Crippen molar-refractivity contribution in [1.82, 2.24) is 24.7 Å². The van der Waals surface area contributed by atoms with E-state index in [4.69, 9.17) is 0 Å². The minimum atomic E-state index is -0.325. The Morgan fingerprint density at radius 2 is 1.89 bits per heavy atom. The molecule has 2 heterocycles. The summed E-state index contributed by atoms with van der Waals surface area (Å²) >= 11 is 0. The SMILES string of the molecule is CCc1ccc(-c2cc3c(=O)n(CC(=O)NCCC(C)C)nc(C)n3n2)cc1. The van der Waals surface area contributed by atoms with Crippen LogP contribution < -0.4 is 10.9 Å². The third-order valence-corrected chi connectivity index (χ3v) is 4.73. The molecule has 0 aliphatic rings. The number of fused-ring (bicyclic) bond motifs is 1. The zero-order chi connectivity index (χ0) is 20.3. The average Bonchev–Trinajstić information content (AvgIpc) is 3.12. The summed E-state index contributed by atoms with van der Waals surface area (Å²) in [5.41, 5.74) is 2.99. The van der Waals surface area contributed by atoms with Gasteiger partial charge in [-0.3, -0.25) is 9.59 Å². The highest BCUT2D eigenvalue weighted by molar-refractivity contribution is 5.75. The third kappa shape index (κ3) is 4.30. The Morgan fingerprint density at radius 1 is 1.18 bits per heavy atom. The largest absolute Gasteiger partial charge is 0.354 e. The van der Waals surface area contributed by atoms with Crippen LogP contribution in [0.5, 0.6) is 0 Å². The molecule has 3 aromatic rings. The molecule has 1 amide bonds. The van der Waals surface area contributed by atoms with Crippen LogP contribution >= 0.6 is 0 Å². The Bertz CT molecular complexity index is 1030. The van der Waals surface area contributed by atoms with Gasteiger partial charge < -0.3 is 5.32 Å². The van der Waals surface area contributed by atoms with Gasteiger partial charge in [0, 0.05) is 12.1 Å². The molecule has 0 bridgehead atoms. The van der Waals surface area contributed by atoms with Crippen LogP contribution in [0.25, 0.3) is 16.8 Å². The molecule has 0 atom stereocenters. The molecule has 0 saturated heterocycles. The van der Waals surface area contributed by atoms with Crippen LogP contribution in [0.4, 0.5) is 0 Å². The number of carbonyl (C=O) groups excluding carboxylic acids is 1. The number of nitrogens with one attached hydrogen (secondary N) is 1. The summed E-state index contributed by atoms with van der Waals surface area (Å²) in [7, 11) is 0. The highest BCUT2D eigenvalue weighted by atomic mass is 16.2. The number of hydrogen-bond donors (Lipinski definition) is 1. The van der Waals surface area contributed by atoms with Gasteiger partial charge in [0.2, 0.25) is 5.91 Å². The first-order chi connectivity index (χ1) is 13.4. The maximum atomic E-state index is 12.8. The van der Waals surface area contributed by atoms with Crippen LogP contribution in [0.1, 0.15) is 38.6 Å². The first-order valence-electron chi connectivity index (χ1n) is 9.72. The fourth-order valence-electron chi connectivity index (χ4n) is 3.03. The highest BCUT2D eigenvalue weighted by Gasteiger charge is 2.14. The summed E-state index contributed by atoms with van der Waals surface area (Å²) in [4.78, 5) is 25.0. The molecule has 0 aliphatic carbocycles. The molecule has 2 aromatic heterocycles. The predicted octanol–water partition coefficient (Wildman–Crippen LogP) is 2.59. The van der Waals surface area contributed by atoms with Crippen LogP contribution in [-0.2, 0) is 17.8 Å². The summed E-state index contributed by atoms with van der Waals surface area (Å²) in [5.74, 6) is 0.853. The van der Waals surface area contributed by atoms with Crippen LogP contribution in [-0.4, -0.2) is 31.8 Å². The normalized spacial score (nSPS) is 11.3. The summed E-state index contributed by atoms with van der Waals surface area (Å²) < 4.78 is 2.75. The zero-order valence-corrected chi connectivity index (χ0v) is 16.9. The van der Waals surface area contributed by atoms with Gasteiger partial charge in [-0.05, 0) is 37.3 Å². The maximum Gasteiger partial charge on any atom is 0.293 e. The molecule has 3 rings (SSSR count). The highest BCUT2D eigenvalue weighted by Crippen LogP contribution is 2.19. The molecule has 148 valence electrons. The quantitative estimate of drug-likeness (QED) is 0.682. The van der Waals surface area contributed by atoms with E-state index in [1.54, 1.807) is 17.5 Å². The van der Waals surface area contributed by atoms with Crippen LogP contribution in [0, 0.1) is 12.8 Å². The summed E-state index contributed by atoms with van der Waals surface area (Å²) in [6.45, 7) is 8.58. The first-order valence-corrected chi connectivity index (χ1v) is 9.72. The van der Waals surface area contributed by atoms with Crippen molar-refractivity contribution in [3.8, 4) is 11.3 Å². The van der Waals surface area contributed by atoms with Crippen molar-refractivity contribution in [2.75, 3.05) is 6.54 Å². The molecule has 0 fully saturated rings. The van der Waals surface area contributed by atoms with Crippen LogP contribution in [0.3, 0.4) is 0 Å². The fraction of sp³-hybridized carbons (Fsp3) is 0.429. The third-order valence-electron chi connectivity index (χ3n) is 4.73. The molecule has 1 N–H and O–H groups in total. The summed E-state index contributed by atoms with van der Waals surface area (Å²) in [6, 6.07) is 9.88. The monoisotopic (exact) mass is 381 g/mol. The fourth-order valence-corrected chi connectivity index (χ4v) is 3.03. The number of aromatic nitrogens is 4. The minimum absolute atomic E-state index is 0.0972. The Labute approximate surface area is 164 Å². The zero-order valence-electron chi connectivity index (χ0n) is 16.9. The predicted molar refractivity (Wildman–Crippen MR) is 109 cm³/mol. The molecule has 7 nitrogen and oxygen atoms in total. The second-order valence-electron chi connectivity index (χ2n) is 7.42. The lowest BCUT2D eigenvalue weighted by molar-refractivity contribution is -0.121. The maximum absolute atomic E-state index is 12.8. The lowest BCUT2D eigenvalue weighted by atomic mass is 10.1. The van der Waals surface area contributed by atoms with Gasteiger partial charge in [0.1, 0.15) is 17.9 Å². The Hall–Kier alpha value is -2.96. The minimum Gasteiger partial charge on any atom is -0.354 e. The van der Waals surface area contributed by atoms with Crippen molar-refractivity contribution in [3.63, 3.8) is 0 Å². The van der Waals surface area contributed by atoms with E-state index in [0.29, 0.717) is 29.5 Å². The van der Waals surface area contributed by atoms with Gasteiger partial charge in [-0.2, -0.15) is 10.2 Å². The van der Waals surface area contributed by atoms with E-state index in [1.807, 2.05) is 12.1 Å². The van der Waals surface area contributed by atoms with E-state index in [1.165, 1.54) is 10.2 Å². The van der Waals surface area contributed by atoms with E-state index in [-0.39, 0.29) is 18.0 Å². The lowest BCUT2D eigenvalue weighted by Crippen LogP contribution is -2.35. The van der Waals surface area contributed by atoms with Gasteiger partial charge in [-0.1, -0.05) is 45.0 Å². The molecule has 1 aromatic carbocycles. The number of carbonyl (C=O) groups is 1. The van der Waals surface area contributed by atoms with Crippen molar-refractivity contribution in [2.24, 2.45) is 5.92 Å². The molecule has 0 spiro atoms. The molecular weight excluding hydrogens is 354 g/mol. The van der Waals surface area contributed by atoms with E-state index < -0.39 is 0 Å². The average molecular weight is 381 g/mol. The van der Waals surface area contributed by atoms with E-state index in [9.17, 15) is 9.59 Å². The van der Waals surface area contributed by atoms with Gasteiger partial charge in [0.05, 0.1) is 5.69 Å². The van der Waals surface area contributed by atoms with Crippen molar-refractivity contribution in [3.05, 3.63) is 52.1 Å². The molecule has 28 heavy (non-hydrogen) atoms. The Morgan fingerprint density at radius 3 is 2.54 bits per heavy atom. The number of amides is 1. The number of aryl methyl sites for hydroxylation is 2. The molecule has 0 unspecified atom stereocenters. The van der Waals surface area contributed by atoms with Crippen LogP contribution in [0.2, 0.25) is 0 Å². The van der Waals surface area contributed by atoms with Gasteiger partial charge >= 0.3 is 0 Å². The van der Waals surface area contributed by atoms with Gasteiger partial charge in [0.15, 0.2) is 0 Å². The lowest BCUT2D eigenvalue weighted by Gasteiger charge is -2.09. The molecular formula is C21H27N5O2. The molecule has 0 radical (unpaired) electrons. The topological polar surface area (TPSA) is 81.3 Å². The Balaban J connectivity index is 1.87. The van der Waals surface area contributed by atoms with Crippen molar-refractivity contribution in [1.29, 1.82) is 0 Å². The van der Waals surface area contributed by atoms with Gasteiger partial charge in [0.25, 0.3) is 5.56 Å². The number of rotatable bonds is 7. The van der Waals surface area contributed by atoms with E-state index in [0.717, 1.165) is 18.4 Å². The molecule has 0 saturated carbocycles. The smallest absolute Gasteiger partial charge is 0.293 e.